The minimum absolute atomic E-state index is 0.113. The van der Waals surface area contributed by atoms with E-state index in [9.17, 15) is 26.1 Å². The molecule has 21 heavy (non-hydrogen) atoms. The van der Waals surface area contributed by atoms with E-state index < -0.39 is 26.8 Å². The smallest absolute Gasteiger partial charge is 0.416 e. The van der Waals surface area contributed by atoms with Crippen molar-refractivity contribution in [3.05, 3.63) is 48.2 Å². The van der Waals surface area contributed by atoms with Gasteiger partial charge in [0.25, 0.3) is 0 Å². The molecule has 1 heterocycles. The van der Waals surface area contributed by atoms with Crippen LogP contribution in [0.3, 0.4) is 0 Å². The maximum absolute atomic E-state index is 12.5. The summed E-state index contributed by atoms with van der Waals surface area (Å²) in [7, 11) is -4.61. The molecule has 1 aromatic heterocycles. The van der Waals surface area contributed by atoms with Crippen LogP contribution in [0.1, 0.15) is 5.56 Å². The van der Waals surface area contributed by atoms with Crippen molar-refractivity contribution in [1.29, 1.82) is 0 Å². The van der Waals surface area contributed by atoms with E-state index in [1.165, 1.54) is 18.2 Å². The Balaban J connectivity index is 2.23. The molecule has 9 heteroatoms. The van der Waals surface area contributed by atoms with Crippen LogP contribution in [0.2, 0.25) is 0 Å². The number of aromatic nitrogens is 1. The lowest BCUT2D eigenvalue weighted by Crippen LogP contribution is -2.05. The maximum atomic E-state index is 12.5. The second kappa shape index (κ2) is 5.34. The van der Waals surface area contributed by atoms with Gasteiger partial charge in [0.1, 0.15) is 15.9 Å². The van der Waals surface area contributed by atoms with Crippen LogP contribution in [-0.2, 0) is 16.3 Å². The second-order valence-corrected chi connectivity index (χ2v) is 5.42. The Kier molecular flexibility index (Phi) is 3.88. The third-order valence-corrected chi connectivity index (χ3v) is 3.31. The Hall–Kier alpha value is -2.13. The normalized spacial score (nSPS) is 12.2. The van der Waals surface area contributed by atoms with E-state index in [0.717, 1.165) is 24.4 Å². The third-order valence-electron chi connectivity index (χ3n) is 2.49. The summed E-state index contributed by atoms with van der Waals surface area (Å²) >= 11 is 0. The van der Waals surface area contributed by atoms with Gasteiger partial charge in [0.05, 0.1) is 10.5 Å². The number of nitrogens with zero attached hydrogens (tertiary/aromatic N) is 1. The molecule has 0 atom stereocenters. The van der Waals surface area contributed by atoms with Crippen molar-refractivity contribution in [2.75, 3.05) is 5.32 Å². The van der Waals surface area contributed by atoms with Gasteiger partial charge in [-0.05, 0) is 30.3 Å². The van der Waals surface area contributed by atoms with Crippen molar-refractivity contribution >= 4 is 21.6 Å². The van der Waals surface area contributed by atoms with Gasteiger partial charge in [0, 0.05) is 11.9 Å². The van der Waals surface area contributed by atoms with E-state index in [1.54, 1.807) is 0 Å². The van der Waals surface area contributed by atoms with Crippen molar-refractivity contribution in [2.45, 2.75) is 11.1 Å². The summed E-state index contributed by atoms with van der Waals surface area (Å²) in [6, 6.07) is 6.64. The molecule has 0 saturated heterocycles. The summed E-state index contributed by atoms with van der Waals surface area (Å²) < 4.78 is 69.8. The van der Waals surface area contributed by atoms with Crippen LogP contribution in [0, 0.1) is 0 Å². The van der Waals surface area contributed by atoms with Gasteiger partial charge in [0.15, 0.2) is 0 Å². The highest BCUT2D eigenvalue weighted by Gasteiger charge is 2.30. The first-order valence-corrected chi connectivity index (χ1v) is 6.93. The van der Waals surface area contributed by atoms with Crippen LogP contribution < -0.4 is 5.32 Å². The van der Waals surface area contributed by atoms with Gasteiger partial charge in [-0.3, -0.25) is 0 Å². The lowest BCUT2D eigenvalue weighted by molar-refractivity contribution is -0.137. The van der Waals surface area contributed by atoms with Crippen LogP contribution in [0.4, 0.5) is 24.7 Å². The van der Waals surface area contributed by atoms with Gasteiger partial charge in [-0.2, -0.15) is 13.2 Å². The number of halogens is 3. The number of rotatable bonds is 3. The Bertz CT molecular complexity index is 743. The minimum atomic E-state index is -4.61. The van der Waals surface area contributed by atoms with Crippen LogP contribution in [0.5, 0.6) is 0 Å². The minimum Gasteiger partial charge on any atom is -0.744 e. The molecular weight excluding hydrogens is 309 g/mol. The van der Waals surface area contributed by atoms with E-state index >= 15 is 0 Å². The Labute approximate surface area is 118 Å². The topological polar surface area (TPSA) is 82.1 Å². The zero-order valence-electron chi connectivity index (χ0n) is 10.3. The largest absolute Gasteiger partial charge is 0.744 e. The van der Waals surface area contributed by atoms with Crippen molar-refractivity contribution in [1.82, 2.24) is 4.98 Å². The molecule has 112 valence electrons. The van der Waals surface area contributed by atoms with E-state index in [2.05, 4.69) is 10.3 Å². The number of hydrogen-bond acceptors (Lipinski definition) is 5. The summed E-state index contributed by atoms with van der Waals surface area (Å²) in [5.74, 6) is 0.113. The van der Waals surface area contributed by atoms with Crippen molar-refractivity contribution < 1.29 is 26.1 Å². The van der Waals surface area contributed by atoms with Gasteiger partial charge < -0.3 is 9.87 Å². The molecule has 0 amide bonds. The molecule has 1 N–H and O–H groups in total. The van der Waals surface area contributed by atoms with Crippen molar-refractivity contribution in [2.24, 2.45) is 0 Å². The lowest BCUT2D eigenvalue weighted by Gasteiger charge is -2.11. The van der Waals surface area contributed by atoms with Crippen molar-refractivity contribution in [3.8, 4) is 0 Å². The molecule has 5 nitrogen and oxygen atoms in total. The molecule has 0 aliphatic rings. The van der Waals surface area contributed by atoms with Crippen LogP contribution >= 0.6 is 0 Å². The standard InChI is InChI=1S/C12H9F3N2O3S/c13-12(14,15)8-2-1-3-9(6-8)17-11-5-4-10(7-16-11)21(18,19)20/h1-7H,(H,16,17)(H,18,19,20)/p-1. The number of pyridine rings is 1. The first kappa shape index (κ1) is 15.3. The quantitative estimate of drug-likeness (QED) is 0.880. The fraction of sp³-hybridized carbons (Fsp3) is 0.0833. The molecule has 2 aromatic rings. The average molecular weight is 317 g/mol. The highest BCUT2D eigenvalue weighted by Crippen LogP contribution is 2.31. The van der Waals surface area contributed by atoms with E-state index in [4.69, 9.17) is 0 Å². The molecule has 0 aliphatic carbocycles. The zero-order chi connectivity index (χ0) is 15.7. The number of benzene rings is 1. The van der Waals surface area contributed by atoms with E-state index in [0.29, 0.717) is 0 Å². The van der Waals surface area contributed by atoms with Gasteiger partial charge in [-0.25, -0.2) is 13.4 Å². The summed E-state index contributed by atoms with van der Waals surface area (Å²) in [6.45, 7) is 0. The monoisotopic (exact) mass is 317 g/mol. The molecule has 0 saturated carbocycles. The fourth-order valence-electron chi connectivity index (χ4n) is 1.52. The molecular formula is C12H8F3N2O3S-. The van der Waals surface area contributed by atoms with Gasteiger partial charge >= 0.3 is 6.18 Å². The zero-order valence-corrected chi connectivity index (χ0v) is 11.1. The fourth-order valence-corrected chi connectivity index (χ4v) is 1.94. The van der Waals surface area contributed by atoms with E-state index in [1.807, 2.05) is 0 Å². The molecule has 0 bridgehead atoms. The number of hydrogen-bond donors (Lipinski definition) is 1. The average Bonchev–Trinajstić information content (AvgIpc) is 2.37. The van der Waals surface area contributed by atoms with Crippen LogP contribution in [0.25, 0.3) is 0 Å². The molecule has 0 aliphatic heterocycles. The van der Waals surface area contributed by atoms with Crippen molar-refractivity contribution in [3.63, 3.8) is 0 Å². The van der Waals surface area contributed by atoms with Gasteiger partial charge in [-0.15, -0.1) is 0 Å². The summed E-state index contributed by atoms with van der Waals surface area (Å²) in [5, 5.41) is 2.59. The second-order valence-electron chi connectivity index (χ2n) is 4.04. The molecule has 1 aromatic carbocycles. The van der Waals surface area contributed by atoms with Gasteiger partial charge in [0.2, 0.25) is 0 Å². The third kappa shape index (κ3) is 3.92. The Morgan fingerprint density at radius 2 is 1.86 bits per heavy atom. The van der Waals surface area contributed by atoms with E-state index in [-0.39, 0.29) is 11.5 Å². The predicted molar refractivity (Wildman–Crippen MR) is 66.9 cm³/mol. The highest BCUT2D eigenvalue weighted by molar-refractivity contribution is 7.85. The molecule has 0 spiro atoms. The first-order chi connectivity index (χ1) is 9.66. The molecule has 2 rings (SSSR count). The molecule has 0 unspecified atom stereocenters. The number of alkyl halides is 3. The molecule has 0 radical (unpaired) electrons. The summed E-state index contributed by atoms with van der Waals surface area (Å²) in [4.78, 5) is 3.14. The number of anilines is 2. The highest BCUT2D eigenvalue weighted by atomic mass is 32.2. The molecule has 0 fully saturated rings. The number of nitrogens with one attached hydrogen (secondary N) is 1. The Morgan fingerprint density at radius 1 is 1.14 bits per heavy atom. The van der Waals surface area contributed by atoms with Crippen LogP contribution in [-0.4, -0.2) is 18.0 Å². The maximum Gasteiger partial charge on any atom is 0.416 e. The first-order valence-electron chi connectivity index (χ1n) is 5.52. The lowest BCUT2D eigenvalue weighted by atomic mass is 10.2. The summed E-state index contributed by atoms with van der Waals surface area (Å²) in [5.41, 5.74) is -0.693. The predicted octanol–water partition coefficient (Wildman–Crippen LogP) is 2.75. The van der Waals surface area contributed by atoms with Gasteiger partial charge in [-0.1, -0.05) is 6.07 Å². The SMILES string of the molecule is O=S(=O)([O-])c1ccc(Nc2cccc(C(F)(F)F)c2)nc1. The summed E-state index contributed by atoms with van der Waals surface area (Å²) in [6.07, 6.45) is -3.64. The Morgan fingerprint density at radius 3 is 2.38 bits per heavy atom. The van der Waals surface area contributed by atoms with Crippen LogP contribution in [0.15, 0.2) is 47.5 Å².